The van der Waals surface area contributed by atoms with Crippen molar-refractivity contribution in [3.05, 3.63) is 70.3 Å². The van der Waals surface area contributed by atoms with E-state index in [0.29, 0.717) is 37.3 Å². The molecule has 0 bridgehead atoms. The predicted octanol–water partition coefficient (Wildman–Crippen LogP) is 9.00. The van der Waals surface area contributed by atoms with Gasteiger partial charge in [0.25, 0.3) is 0 Å². The number of hydrogen-bond acceptors (Lipinski definition) is 6. The molecule has 3 rings (SSSR count). The molecule has 50 heavy (non-hydrogen) atoms. The highest BCUT2D eigenvalue weighted by Gasteiger charge is 2.42. The lowest BCUT2D eigenvalue weighted by molar-refractivity contribution is -0.144. The van der Waals surface area contributed by atoms with Crippen molar-refractivity contribution in [3.8, 4) is 5.75 Å². The maximum atomic E-state index is 13.7. The third-order valence-electron chi connectivity index (χ3n) is 9.27. The van der Waals surface area contributed by atoms with E-state index in [2.05, 4.69) is 24.5 Å². The van der Waals surface area contributed by atoms with Crippen LogP contribution in [-0.4, -0.2) is 56.8 Å². The maximum Gasteiger partial charge on any atom is 0.416 e. The van der Waals surface area contributed by atoms with E-state index < -0.39 is 53.6 Å². The van der Waals surface area contributed by atoms with Gasteiger partial charge in [0, 0.05) is 25.1 Å². The molecule has 0 spiro atoms. The number of methoxy groups -OCH3 is 2. The number of benzene rings is 1. The third kappa shape index (κ3) is 10.4. The van der Waals surface area contributed by atoms with E-state index >= 15 is 0 Å². The molecule has 1 aromatic rings. The number of hydrogen-bond donors (Lipinski definition) is 2. The lowest BCUT2D eigenvalue weighted by atomic mass is 9.72. The lowest BCUT2D eigenvalue weighted by Gasteiger charge is -2.36. The molecule has 2 atom stereocenters. The third-order valence-corrected chi connectivity index (χ3v) is 9.27. The fourth-order valence-electron chi connectivity index (χ4n) is 6.18. The molecule has 0 aromatic heterocycles. The summed E-state index contributed by atoms with van der Waals surface area (Å²) in [6, 6.07) is 5.18. The molecule has 1 aromatic carbocycles. The van der Waals surface area contributed by atoms with Crippen LogP contribution < -0.4 is 15.4 Å². The molecule has 0 radical (unpaired) electrons. The molecule has 0 saturated carbocycles. The Balaban J connectivity index is 1.94. The second-order valence-electron chi connectivity index (χ2n) is 14.2. The summed E-state index contributed by atoms with van der Waals surface area (Å²) in [7, 11) is 2.89. The maximum absolute atomic E-state index is 13.7. The van der Waals surface area contributed by atoms with Crippen LogP contribution in [0, 0.1) is 17.3 Å². The van der Waals surface area contributed by atoms with Gasteiger partial charge in [-0.3, -0.25) is 4.79 Å². The van der Waals surface area contributed by atoms with Crippen LogP contribution in [0.2, 0.25) is 0 Å². The van der Waals surface area contributed by atoms with Gasteiger partial charge in [0.15, 0.2) is 0 Å². The minimum absolute atomic E-state index is 0.0143. The number of carbonyl (C=O) groups is 2. The number of carbonyl (C=O) groups excluding carboxylic acids is 2. The minimum Gasteiger partial charge on any atom is -0.496 e. The summed E-state index contributed by atoms with van der Waals surface area (Å²) in [5.41, 5.74) is -1.38. The summed E-state index contributed by atoms with van der Waals surface area (Å²) in [5.74, 6) is -0.452. The van der Waals surface area contributed by atoms with Crippen molar-refractivity contribution in [2.24, 2.45) is 17.3 Å². The molecule has 1 amide bonds. The van der Waals surface area contributed by atoms with Crippen molar-refractivity contribution in [3.63, 3.8) is 0 Å². The van der Waals surface area contributed by atoms with Gasteiger partial charge < -0.3 is 24.8 Å². The van der Waals surface area contributed by atoms with Crippen LogP contribution in [0.3, 0.4) is 0 Å². The second kappa shape index (κ2) is 16.1. The Kier molecular flexibility index (Phi) is 13.1. The van der Waals surface area contributed by atoms with Gasteiger partial charge in [0.2, 0.25) is 0 Å². The number of halogens is 6. The van der Waals surface area contributed by atoms with Crippen LogP contribution in [0.25, 0.3) is 5.57 Å². The van der Waals surface area contributed by atoms with E-state index in [-0.39, 0.29) is 29.9 Å². The number of alkyl halides is 6. The number of allylic oxidation sites excluding steroid dienone is 5. The zero-order valence-electron chi connectivity index (χ0n) is 29.8. The van der Waals surface area contributed by atoms with Gasteiger partial charge in [-0.05, 0) is 77.5 Å². The summed E-state index contributed by atoms with van der Waals surface area (Å²) in [4.78, 5) is 25.6. The standard InChI is InChI=1S/C37H48F6N2O5/c1-22(2)31(32(46)49-8)44-20-24-9-10-30(48-7)29(17-24)28-13-14-34(5,6)19-25(28)21-45-33(47)50-35(23(3)4)15-11-26(36(38,39)40)18-27(12-16-35)37(41,42)43/h9-12,15,17-18,22-23,31,44H,13-14,16,19-21H2,1-8H3,(H,45,47)/t31-,35+/m1/s1. The van der Waals surface area contributed by atoms with Gasteiger partial charge in [-0.2, -0.15) is 26.3 Å². The molecule has 13 heteroatoms. The fourth-order valence-corrected chi connectivity index (χ4v) is 6.18. The molecular weight excluding hydrogens is 666 g/mol. The second-order valence-corrected chi connectivity index (χ2v) is 14.2. The molecule has 0 saturated heterocycles. The zero-order chi connectivity index (χ0) is 37.7. The molecular formula is C37H48F6N2O5. The first-order valence-electron chi connectivity index (χ1n) is 16.5. The Hall–Kier alpha value is -3.74. The highest BCUT2D eigenvalue weighted by atomic mass is 19.4. The highest BCUT2D eigenvalue weighted by Crippen LogP contribution is 2.45. The smallest absolute Gasteiger partial charge is 0.416 e. The van der Waals surface area contributed by atoms with Crippen LogP contribution in [0.1, 0.15) is 78.4 Å². The quantitative estimate of drug-likeness (QED) is 0.176. The summed E-state index contributed by atoms with van der Waals surface area (Å²) in [6.45, 7) is 11.5. The van der Waals surface area contributed by atoms with Gasteiger partial charge >= 0.3 is 24.4 Å². The number of ether oxygens (including phenoxy) is 3. The van der Waals surface area contributed by atoms with E-state index in [0.717, 1.165) is 34.8 Å². The fraction of sp³-hybridized carbons (Fsp3) is 0.568. The Bertz CT molecular complexity index is 1520. The van der Waals surface area contributed by atoms with E-state index in [9.17, 15) is 35.9 Å². The van der Waals surface area contributed by atoms with Crippen LogP contribution in [-0.2, 0) is 20.8 Å². The van der Waals surface area contributed by atoms with Crippen LogP contribution in [0.4, 0.5) is 31.1 Å². The summed E-state index contributed by atoms with van der Waals surface area (Å²) < 4.78 is 98.4. The predicted molar refractivity (Wildman–Crippen MR) is 179 cm³/mol. The van der Waals surface area contributed by atoms with Crippen molar-refractivity contribution in [1.29, 1.82) is 0 Å². The first-order valence-corrected chi connectivity index (χ1v) is 16.5. The molecule has 0 fully saturated rings. The van der Waals surface area contributed by atoms with Crippen LogP contribution >= 0.6 is 0 Å². The van der Waals surface area contributed by atoms with Crippen molar-refractivity contribution >= 4 is 17.6 Å². The van der Waals surface area contributed by atoms with E-state index in [1.165, 1.54) is 7.11 Å². The largest absolute Gasteiger partial charge is 0.496 e. The molecule has 2 aliphatic rings. The normalized spacial score (nSPS) is 20.5. The SMILES string of the molecule is COC(=O)[C@H](NCc1ccc(OC)c(C2=C(CNC(=O)O[C@@]3(C(C)C)C=CC(C(F)(F)F)=CC(C(F)(F)F)=CC3)CC(C)(C)CC2)c1)C(C)C. The van der Waals surface area contributed by atoms with Gasteiger partial charge in [-0.15, -0.1) is 0 Å². The average Bonchev–Trinajstić information content (AvgIpc) is 2.99. The summed E-state index contributed by atoms with van der Waals surface area (Å²) >= 11 is 0. The van der Waals surface area contributed by atoms with Crippen LogP contribution in [0.5, 0.6) is 5.75 Å². The lowest BCUT2D eigenvalue weighted by Crippen LogP contribution is -2.43. The van der Waals surface area contributed by atoms with Gasteiger partial charge in [0.1, 0.15) is 17.4 Å². The molecule has 2 N–H and O–H groups in total. The van der Waals surface area contributed by atoms with Gasteiger partial charge in [-0.25, -0.2) is 4.79 Å². The van der Waals surface area contributed by atoms with E-state index in [4.69, 9.17) is 14.2 Å². The molecule has 2 aliphatic carbocycles. The first kappa shape index (κ1) is 40.7. The molecule has 7 nitrogen and oxygen atoms in total. The number of rotatable bonds is 11. The molecule has 278 valence electrons. The van der Waals surface area contributed by atoms with Crippen LogP contribution in [0.15, 0.2) is 59.2 Å². The number of amides is 1. The molecule has 0 aliphatic heterocycles. The van der Waals surface area contributed by atoms with Crippen molar-refractivity contribution < 1.29 is 50.1 Å². The Morgan fingerprint density at radius 2 is 1.62 bits per heavy atom. The van der Waals surface area contributed by atoms with Crippen molar-refractivity contribution in [2.45, 2.75) is 97.8 Å². The minimum atomic E-state index is -5.06. The number of nitrogens with one attached hydrogen (secondary N) is 2. The topological polar surface area (TPSA) is 85.9 Å². The monoisotopic (exact) mass is 714 g/mol. The summed E-state index contributed by atoms with van der Waals surface area (Å²) in [6.07, 6.45) is -7.25. The Morgan fingerprint density at radius 3 is 2.18 bits per heavy atom. The van der Waals surface area contributed by atoms with Crippen molar-refractivity contribution in [2.75, 3.05) is 20.8 Å². The van der Waals surface area contributed by atoms with E-state index in [1.54, 1.807) is 21.0 Å². The molecule has 0 heterocycles. The summed E-state index contributed by atoms with van der Waals surface area (Å²) in [5, 5.41) is 5.98. The van der Waals surface area contributed by atoms with E-state index in [1.807, 2.05) is 32.0 Å². The number of esters is 1. The zero-order valence-corrected chi connectivity index (χ0v) is 29.8. The van der Waals surface area contributed by atoms with Gasteiger partial charge in [0.05, 0.1) is 25.4 Å². The van der Waals surface area contributed by atoms with Gasteiger partial charge in [-0.1, -0.05) is 59.8 Å². The number of alkyl carbamates (subject to hydrolysis) is 1. The highest BCUT2D eigenvalue weighted by molar-refractivity contribution is 5.77. The van der Waals surface area contributed by atoms with Crippen molar-refractivity contribution in [1.82, 2.24) is 10.6 Å². The Labute approximate surface area is 290 Å². The Morgan fingerprint density at radius 1 is 0.960 bits per heavy atom. The average molecular weight is 715 g/mol. The first-order chi connectivity index (χ1) is 23.1. The molecule has 0 unspecified atom stereocenters.